The van der Waals surface area contributed by atoms with Crippen LogP contribution in [0.5, 0.6) is 0 Å². The first-order valence-electron chi connectivity index (χ1n) is 3.06. The van der Waals surface area contributed by atoms with Gasteiger partial charge >= 0.3 is 0 Å². The maximum Gasteiger partial charge on any atom is 0.0801 e. The maximum absolute atomic E-state index is 4.19. The van der Waals surface area contributed by atoms with Gasteiger partial charge in [0.1, 0.15) is 0 Å². The van der Waals surface area contributed by atoms with E-state index in [1.807, 2.05) is 5.51 Å². The molecule has 0 spiro atoms. The summed E-state index contributed by atoms with van der Waals surface area (Å²) < 4.78 is 0. The van der Waals surface area contributed by atoms with Crippen LogP contribution in [0.3, 0.4) is 0 Å². The summed E-state index contributed by atoms with van der Waals surface area (Å²) in [6, 6.07) is 0. The summed E-state index contributed by atoms with van der Waals surface area (Å²) in [5.41, 5.74) is 3.10. The van der Waals surface area contributed by atoms with Crippen molar-refractivity contribution in [2.45, 2.75) is 12.8 Å². The molecule has 5 heteroatoms. The molecule has 70 valence electrons. The van der Waals surface area contributed by atoms with E-state index in [0.29, 0.717) is 0 Å². The molecule has 0 amide bonds. The lowest BCUT2D eigenvalue weighted by Gasteiger charge is -1.99. The van der Waals surface area contributed by atoms with Gasteiger partial charge in [-0.3, -0.25) is 0 Å². The number of halogens is 2. The highest BCUT2D eigenvalue weighted by atomic mass is 35.5. The average molecular weight is 228 g/mol. The molecule has 0 bridgehead atoms. The van der Waals surface area contributed by atoms with E-state index in [-0.39, 0.29) is 30.3 Å². The topological polar surface area (TPSA) is 44.4 Å². The second-order valence-electron chi connectivity index (χ2n) is 2.10. The fraction of sp³-hybridized carbons (Fsp3) is 0.286. The van der Waals surface area contributed by atoms with Gasteiger partial charge in [-0.1, -0.05) is 6.08 Å². The summed E-state index contributed by atoms with van der Waals surface area (Å²) >= 11 is 1.76. The summed E-state index contributed by atoms with van der Waals surface area (Å²) in [4.78, 5) is 5.63. The van der Waals surface area contributed by atoms with E-state index in [1.165, 1.54) is 23.4 Å². The Morgan fingerprint density at radius 2 is 2.08 bits per heavy atom. The average Bonchev–Trinajstić information content (AvgIpc) is 2.33. The zero-order chi connectivity index (χ0) is 6.10. The fourth-order valence-corrected chi connectivity index (χ4v) is 1.78. The number of fused-ring (bicyclic) bond motifs is 1. The number of rotatable bonds is 0. The Morgan fingerprint density at radius 3 is 2.75 bits per heavy atom. The van der Waals surface area contributed by atoms with Gasteiger partial charge in [-0.25, -0.2) is 4.98 Å². The summed E-state index contributed by atoms with van der Waals surface area (Å²) in [6.07, 6.45) is 6.67. The Morgan fingerprint density at radius 1 is 1.33 bits per heavy atom. The van der Waals surface area contributed by atoms with Gasteiger partial charge in [-0.15, -0.1) is 36.2 Å². The molecule has 0 saturated carbocycles. The molecule has 1 heterocycles. The van der Waals surface area contributed by atoms with Gasteiger partial charge in [-0.2, -0.15) is 0 Å². The highest BCUT2D eigenvalue weighted by Crippen LogP contribution is 2.20. The first-order chi connectivity index (χ1) is 4.47. The minimum Gasteiger partial charge on any atom is -0.412 e. The number of aryl methyl sites for hydroxylation is 1. The van der Waals surface area contributed by atoms with Gasteiger partial charge in [0.05, 0.1) is 11.2 Å². The standard InChI is InChI=1S/C7H7NS.2ClH.H2O/c1-2-4-7-6(3-1)8-5-9-7;;;/h1,3,5H,2,4H2;2*1H;1H2. The predicted molar refractivity (Wildman–Crippen MR) is 57.6 cm³/mol. The molecule has 12 heavy (non-hydrogen) atoms. The highest BCUT2D eigenvalue weighted by Gasteiger charge is 2.04. The SMILES string of the molecule is C1=Cc2ncsc2CC1.Cl.Cl.O. The molecule has 0 aliphatic heterocycles. The van der Waals surface area contributed by atoms with E-state index in [0.717, 1.165) is 0 Å². The van der Waals surface area contributed by atoms with Crippen molar-refractivity contribution >= 4 is 42.2 Å². The number of hydrogen-bond acceptors (Lipinski definition) is 2. The van der Waals surface area contributed by atoms with Crippen molar-refractivity contribution in [3.63, 3.8) is 0 Å². The number of hydrogen-bond donors (Lipinski definition) is 0. The van der Waals surface area contributed by atoms with E-state index < -0.39 is 0 Å². The second kappa shape index (κ2) is 6.43. The number of allylic oxidation sites excluding steroid dienone is 1. The van der Waals surface area contributed by atoms with Crippen LogP contribution in [0.25, 0.3) is 6.08 Å². The Hall–Kier alpha value is -0.0900. The second-order valence-corrected chi connectivity index (χ2v) is 3.04. The van der Waals surface area contributed by atoms with Crippen LogP contribution < -0.4 is 0 Å². The zero-order valence-electron chi connectivity index (χ0n) is 6.32. The Kier molecular flexibility index (Phi) is 7.73. The van der Waals surface area contributed by atoms with Crippen molar-refractivity contribution in [3.05, 3.63) is 22.2 Å². The van der Waals surface area contributed by atoms with Gasteiger partial charge in [0, 0.05) is 4.88 Å². The number of thiazole rings is 1. The van der Waals surface area contributed by atoms with Crippen LogP contribution in [-0.4, -0.2) is 10.5 Å². The lowest BCUT2D eigenvalue weighted by Crippen LogP contribution is -1.87. The molecule has 1 aromatic rings. The molecule has 2 nitrogen and oxygen atoms in total. The van der Waals surface area contributed by atoms with Gasteiger partial charge in [0.25, 0.3) is 0 Å². The summed E-state index contributed by atoms with van der Waals surface area (Å²) in [7, 11) is 0. The molecule has 1 aromatic heterocycles. The van der Waals surface area contributed by atoms with Crippen LogP contribution in [0.15, 0.2) is 11.6 Å². The Balaban J connectivity index is 0. The minimum absolute atomic E-state index is 0. The summed E-state index contributed by atoms with van der Waals surface area (Å²) in [5.74, 6) is 0. The van der Waals surface area contributed by atoms with Gasteiger partial charge < -0.3 is 5.48 Å². The molecule has 0 radical (unpaired) electrons. The third-order valence-electron chi connectivity index (χ3n) is 1.49. The first kappa shape index (κ1) is 14.4. The van der Waals surface area contributed by atoms with Crippen LogP contribution in [0.1, 0.15) is 17.0 Å². The fourth-order valence-electron chi connectivity index (χ4n) is 1.01. The van der Waals surface area contributed by atoms with Crippen LogP contribution in [-0.2, 0) is 6.42 Å². The molecule has 0 fully saturated rings. The maximum atomic E-state index is 4.19. The molecule has 1 aliphatic rings. The molecule has 2 N–H and O–H groups in total. The normalized spacial score (nSPS) is 11.7. The van der Waals surface area contributed by atoms with Crippen molar-refractivity contribution in [1.82, 2.24) is 4.98 Å². The molecule has 0 unspecified atom stereocenters. The predicted octanol–water partition coefficient (Wildman–Crippen LogP) is 2.12. The van der Waals surface area contributed by atoms with E-state index in [9.17, 15) is 0 Å². The molecule has 0 atom stereocenters. The largest absolute Gasteiger partial charge is 0.412 e. The van der Waals surface area contributed by atoms with E-state index in [1.54, 1.807) is 11.3 Å². The molecular formula is C7H11Cl2NOS. The highest BCUT2D eigenvalue weighted by molar-refractivity contribution is 7.09. The number of nitrogens with zero attached hydrogens (tertiary/aromatic N) is 1. The van der Waals surface area contributed by atoms with Crippen LogP contribution >= 0.6 is 36.2 Å². The molecule has 0 saturated heterocycles. The van der Waals surface area contributed by atoms with E-state index in [2.05, 4.69) is 17.1 Å². The number of aromatic nitrogens is 1. The van der Waals surface area contributed by atoms with Crippen molar-refractivity contribution < 1.29 is 5.48 Å². The van der Waals surface area contributed by atoms with Crippen molar-refractivity contribution in [2.75, 3.05) is 0 Å². The van der Waals surface area contributed by atoms with Crippen LogP contribution in [0, 0.1) is 0 Å². The lowest BCUT2D eigenvalue weighted by atomic mass is 10.1. The van der Waals surface area contributed by atoms with Gasteiger partial charge in [0.15, 0.2) is 0 Å². The van der Waals surface area contributed by atoms with Gasteiger partial charge in [0.2, 0.25) is 0 Å². The summed E-state index contributed by atoms with van der Waals surface area (Å²) in [5, 5.41) is 0. The van der Waals surface area contributed by atoms with Crippen LogP contribution in [0.4, 0.5) is 0 Å². The van der Waals surface area contributed by atoms with Crippen LogP contribution in [0.2, 0.25) is 0 Å². The molecule has 0 aromatic carbocycles. The quantitative estimate of drug-likeness (QED) is 0.670. The zero-order valence-corrected chi connectivity index (χ0v) is 8.77. The minimum atomic E-state index is 0. The lowest BCUT2D eigenvalue weighted by molar-refractivity contribution is 0.824. The molecular weight excluding hydrogens is 217 g/mol. The Bertz CT molecular complexity index is 249. The Labute approximate surface area is 87.8 Å². The van der Waals surface area contributed by atoms with Crippen molar-refractivity contribution in [2.24, 2.45) is 0 Å². The van der Waals surface area contributed by atoms with E-state index >= 15 is 0 Å². The van der Waals surface area contributed by atoms with Gasteiger partial charge in [-0.05, 0) is 18.9 Å². The van der Waals surface area contributed by atoms with Crippen molar-refractivity contribution in [3.8, 4) is 0 Å². The van der Waals surface area contributed by atoms with E-state index in [4.69, 9.17) is 0 Å². The third-order valence-corrected chi connectivity index (χ3v) is 2.39. The smallest absolute Gasteiger partial charge is 0.0801 e. The monoisotopic (exact) mass is 227 g/mol. The summed E-state index contributed by atoms with van der Waals surface area (Å²) in [6.45, 7) is 0. The first-order valence-corrected chi connectivity index (χ1v) is 3.94. The van der Waals surface area contributed by atoms with Crippen molar-refractivity contribution in [1.29, 1.82) is 0 Å². The third kappa shape index (κ3) is 2.75. The molecule has 1 aliphatic carbocycles. The molecule has 2 rings (SSSR count).